The Bertz CT molecular complexity index is 1050. The van der Waals surface area contributed by atoms with Gasteiger partial charge in [0, 0.05) is 17.0 Å². The lowest BCUT2D eigenvalue weighted by Gasteiger charge is -2.10. The number of aromatic nitrogens is 1. The number of aryl methyl sites for hydroxylation is 1. The van der Waals surface area contributed by atoms with E-state index in [1.165, 1.54) is 11.3 Å². The zero-order chi connectivity index (χ0) is 18.8. The highest BCUT2D eigenvalue weighted by molar-refractivity contribution is 7.16. The van der Waals surface area contributed by atoms with E-state index in [0.29, 0.717) is 10.6 Å². The monoisotopic (exact) mass is 367 g/mol. The number of nitrogens with zero attached hydrogens (tertiary/aromatic N) is 5. The molecule has 0 atom stereocenters. The van der Waals surface area contributed by atoms with Crippen molar-refractivity contribution < 1.29 is 5.11 Å². The Labute approximate surface area is 154 Å². The van der Waals surface area contributed by atoms with Gasteiger partial charge in [0.25, 0.3) is 5.56 Å². The molecule has 0 aromatic carbocycles. The molecular weight excluding hydrogens is 350 g/mol. The highest BCUT2D eigenvalue weighted by Gasteiger charge is 2.22. The summed E-state index contributed by atoms with van der Waals surface area (Å²) in [4.78, 5) is 13.7. The molecule has 0 amide bonds. The summed E-state index contributed by atoms with van der Waals surface area (Å²) >= 11 is 1.43. The van der Waals surface area contributed by atoms with E-state index in [9.17, 15) is 20.4 Å². The van der Waals surface area contributed by atoms with E-state index in [1.54, 1.807) is 13.8 Å². The SMILES string of the molecule is CCn1c(O)c(C#N)c(C)c(N=Nc2sc3c(c2C#N)CCCC3)c1=O. The summed E-state index contributed by atoms with van der Waals surface area (Å²) in [6, 6.07) is 4.11. The Hall–Kier alpha value is -2.97. The third kappa shape index (κ3) is 2.79. The lowest BCUT2D eigenvalue weighted by Crippen LogP contribution is -2.20. The van der Waals surface area contributed by atoms with E-state index < -0.39 is 5.56 Å². The number of pyridine rings is 1. The molecule has 0 radical (unpaired) electrons. The van der Waals surface area contributed by atoms with Crippen molar-refractivity contribution >= 4 is 22.0 Å². The van der Waals surface area contributed by atoms with Gasteiger partial charge in [-0.3, -0.25) is 9.36 Å². The summed E-state index contributed by atoms with van der Waals surface area (Å²) in [5, 5.41) is 37.6. The Morgan fingerprint density at radius 1 is 1.19 bits per heavy atom. The molecule has 0 bridgehead atoms. The average molecular weight is 367 g/mol. The molecule has 7 nitrogen and oxygen atoms in total. The minimum Gasteiger partial charge on any atom is -0.493 e. The Balaban J connectivity index is 2.14. The van der Waals surface area contributed by atoms with Crippen molar-refractivity contribution in [2.45, 2.75) is 46.1 Å². The van der Waals surface area contributed by atoms with Crippen LogP contribution in [0.25, 0.3) is 0 Å². The van der Waals surface area contributed by atoms with Crippen LogP contribution in [0, 0.1) is 29.6 Å². The van der Waals surface area contributed by atoms with Crippen LogP contribution in [0.2, 0.25) is 0 Å². The zero-order valence-corrected chi connectivity index (χ0v) is 15.4. The van der Waals surface area contributed by atoms with Crippen LogP contribution in [-0.4, -0.2) is 9.67 Å². The third-order valence-electron chi connectivity index (χ3n) is 4.59. The summed E-state index contributed by atoms with van der Waals surface area (Å²) in [6.45, 7) is 3.46. The van der Waals surface area contributed by atoms with Crippen molar-refractivity contribution in [3.05, 3.63) is 37.5 Å². The highest BCUT2D eigenvalue weighted by atomic mass is 32.1. The lowest BCUT2D eigenvalue weighted by molar-refractivity contribution is 0.409. The molecular formula is C18H17N5O2S. The second-order valence-corrected chi connectivity index (χ2v) is 7.12. The van der Waals surface area contributed by atoms with Crippen molar-refractivity contribution in [2.75, 3.05) is 0 Å². The first kappa shape index (κ1) is 17.8. The second-order valence-electron chi connectivity index (χ2n) is 6.04. The number of nitriles is 2. The lowest BCUT2D eigenvalue weighted by atomic mass is 9.96. The number of fused-ring (bicyclic) bond motifs is 1. The van der Waals surface area contributed by atoms with Gasteiger partial charge in [-0.05, 0) is 45.1 Å². The molecule has 0 unspecified atom stereocenters. The molecule has 26 heavy (non-hydrogen) atoms. The van der Waals surface area contributed by atoms with E-state index in [1.807, 2.05) is 6.07 Å². The second kappa shape index (κ2) is 7.11. The van der Waals surface area contributed by atoms with Crippen LogP contribution in [0.15, 0.2) is 15.0 Å². The molecule has 1 aliphatic rings. The van der Waals surface area contributed by atoms with Crippen molar-refractivity contribution in [3.63, 3.8) is 0 Å². The maximum Gasteiger partial charge on any atom is 0.281 e. The average Bonchev–Trinajstić information content (AvgIpc) is 2.99. The third-order valence-corrected chi connectivity index (χ3v) is 5.77. The molecule has 0 saturated heterocycles. The molecule has 132 valence electrons. The summed E-state index contributed by atoms with van der Waals surface area (Å²) in [5.41, 5.74) is 1.36. The summed E-state index contributed by atoms with van der Waals surface area (Å²) < 4.78 is 1.09. The zero-order valence-electron chi connectivity index (χ0n) is 14.5. The van der Waals surface area contributed by atoms with Crippen LogP contribution in [-0.2, 0) is 19.4 Å². The quantitative estimate of drug-likeness (QED) is 0.826. The van der Waals surface area contributed by atoms with E-state index >= 15 is 0 Å². The van der Waals surface area contributed by atoms with Crippen LogP contribution in [0.5, 0.6) is 5.88 Å². The topological polar surface area (TPSA) is 115 Å². The Morgan fingerprint density at radius 2 is 1.88 bits per heavy atom. The van der Waals surface area contributed by atoms with Gasteiger partial charge >= 0.3 is 0 Å². The molecule has 1 aliphatic carbocycles. The van der Waals surface area contributed by atoms with Crippen molar-refractivity contribution in [1.82, 2.24) is 4.57 Å². The largest absolute Gasteiger partial charge is 0.493 e. The molecule has 2 aromatic heterocycles. The fourth-order valence-corrected chi connectivity index (χ4v) is 4.34. The number of rotatable bonds is 3. The molecule has 8 heteroatoms. The van der Waals surface area contributed by atoms with Crippen LogP contribution in [0.1, 0.15) is 46.9 Å². The van der Waals surface area contributed by atoms with Crippen LogP contribution in [0.3, 0.4) is 0 Å². The molecule has 2 heterocycles. The molecule has 2 aromatic rings. The van der Waals surface area contributed by atoms with Gasteiger partial charge in [0.1, 0.15) is 17.7 Å². The minimum absolute atomic E-state index is 0.00591. The molecule has 0 fully saturated rings. The summed E-state index contributed by atoms with van der Waals surface area (Å²) in [6.07, 6.45) is 3.95. The fraction of sp³-hybridized carbons (Fsp3) is 0.389. The molecule has 0 aliphatic heterocycles. The van der Waals surface area contributed by atoms with Gasteiger partial charge < -0.3 is 5.11 Å². The van der Waals surface area contributed by atoms with Gasteiger partial charge in [-0.1, -0.05) is 0 Å². The fourth-order valence-electron chi connectivity index (χ4n) is 3.18. The molecule has 1 N–H and O–H groups in total. The predicted molar refractivity (Wildman–Crippen MR) is 97.3 cm³/mol. The van der Waals surface area contributed by atoms with E-state index in [0.717, 1.165) is 40.7 Å². The maximum atomic E-state index is 12.6. The highest BCUT2D eigenvalue weighted by Crippen LogP contribution is 2.40. The number of hydrogen-bond acceptors (Lipinski definition) is 7. The normalized spacial score (nSPS) is 13.4. The summed E-state index contributed by atoms with van der Waals surface area (Å²) in [5.74, 6) is -0.360. The molecule has 3 rings (SSSR count). The van der Waals surface area contributed by atoms with Gasteiger partial charge in [-0.15, -0.1) is 21.6 Å². The Kier molecular flexibility index (Phi) is 4.88. The smallest absolute Gasteiger partial charge is 0.281 e. The van der Waals surface area contributed by atoms with Gasteiger partial charge in [0.15, 0.2) is 10.7 Å². The van der Waals surface area contributed by atoms with Gasteiger partial charge in [0.05, 0.1) is 5.56 Å². The number of azo groups is 1. The summed E-state index contributed by atoms with van der Waals surface area (Å²) in [7, 11) is 0. The van der Waals surface area contributed by atoms with E-state index in [4.69, 9.17) is 0 Å². The Morgan fingerprint density at radius 3 is 2.54 bits per heavy atom. The van der Waals surface area contributed by atoms with Crippen LogP contribution >= 0.6 is 11.3 Å². The van der Waals surface area contributed by atoms with Gasteiger partial charge in [-0.25, -0.2) is 0 Å². The molecule has 0 saturated carbocycles. The van der Waals surface area contributed by atoms with E-state index in [-0.39, 0.29) is 29.2 Å². The first-order valence-electron chi connectivity index (χ1n) is 8.36. The van der Waals surface area contributed by atoms with Gasteiger partial charge in [0.2, 0.25) is 5.88 Å². The first-order valence-corrected chi connectivity index (χ1v) is 9.17. The van der Waals surface area contributed by atoms with E-state index in [2.05, 4.69) is 16.3 Å². The molecule has 0 spiro atoms. The maximum absolute atomic E-state index is 12.6. The number of hydrogen-bond donors (Lipinski definition) is 1. The standard InChI is InChI=1S/C18H17N5O2S/c1-3-23-17(24)12(8-19)10(2)15(18(23)25)21-22-16-13(9-20)11-6-4-5-7-14(11)26-16/h24H,3-7H2,1-2H3. The predicted octanol–water partition coefficient (Wildman–Crippen LogP) is 3.98. The van der Waals surface area contributed by atoms with Crippen LogP contribution < -0.4 is 5.56 Å². The number of aromatic hydroxyl groups is 1. The number of thiophene rings is 1. The first-order chi connectivity index (χ1) is 12.5. The van der Waals surface area contributed by atoms with Crippen molar-refractivity contribution in [3.8, 4) is 18.0 Å². The van der Waals surface area contributed by atoms with Crippen LogP contribution in [0.4, 0.5) is 10.7 Å². The minimum atomic E-state index is -0.509. The van der Waals surface area contributed by atoms with Crippen molar-refractivity contribution in [2.24, 2.45) is 10.2 Å². The van der Waals surface area contributed by atoms with Gasteiger partial charge in [-0.2, -0.15) is 10.5 Å². The van der Waals surface area contributed by atoms with Crippen molar-refractivity contribution in [1.29, 1.82) is 10.5 Å².